The monoisotopic (exact) mass is 283 g/mol. The quantitative estimate of drug-likeness (QED) is 0.501. The van der Waals surface area contributed by atoms with Crippen LogP contribution in [0.4, 0.5) is 5.69 Å². The van der Waals surface area contributed by atoms with Gasteiger partial charge in [-0.1, -0.05) is 17.9 Å². The van der Waals surface area contributed by atoms with Gasteiger partial charge in [0, 0.05) is 19.2 Å². The Bertz CT molecular complexity index is 561. The minimum atomic E-state index is -3.60. The summed E-state index contributed by atoms with van der Waals surface area (Å²) in [6.07, 6.45) is 0. The summed E-state index contributed by atoms with van der Waals surface area (Å²) >= 11 is 0. The first-order valence-corrected chi connectivity index (χ1v) is 7.11. The van der Waals surface area contributed by atoms with E-state index in [-0.39, 0.29) is 13.1 Å². The molecule has 0 bridgehead atoms. The first kappa shape index (κ1) is 15.5. The van der Waals surface area contributed by atoms with E-state index >= 15 is 0 Å². The van der Waals surface area contributed by atoms with Gasteiger partial charge in [-0.25, -0.2) is 0 Å². The van der Waals surface area contributed by atoms with Crippen molar-refractivity contribution in [1.82, 2.24) is 4.72 Å². The van der Waals surface area contributed by atoms with Crippen LogP contribution in [0.15, 0.2) is 24.3 Å². The fourth-order valence-corrected chi connectivity index (χ4v) is 2.14. The molecule has 0 aliphatic carbocycles. The van der Waals surface area contributed by atoms with E-state index < -0.39 is 10.2 Å². The van der Waals surface area contributed by atoms with Crippen LogP contribution in [0.3, 0.4) is 0 Å². The van der Waals surface area contributed by atoms with Crippen LogP contribution in [0.25, 0.3) is 0 Å². The molecule has 19 heavy (non-hydrogen) atoms. The third kappa shape index (κ3) is 6.22. The van der Waals surface area contributed by atoms with Crippen LogP contribution in [0.5, 0.6) is 0 Å². The number of anilines is 1. The molecule has 0 saturated carbocycles. The average Bonchev–Trinajstić information content (AvgIpc) is 2.36. The third-order valence-electron chi connectivity index (χ3n) is 2.05. The van der Waals surface area contributed by atoms with E-state index in [1.807, 2.05) is 0 Å². The van der Waals surface area contributed by atoms with Crippen LogP contribution in [0.2, 0.25) is 0 Å². The number of methoxy groups -OCH3 is 1. The Morgan fingerprint density at radius 2 is 2.21 bits per heavy atom. The summed E-state index contributed by atoms with van der Waals surface area (Å²) in [6, 6.07) is 6.77. The van der Waals surface area contributed by atoms with Gasteiger partial charge in [-0.05, 0) is 18.2 Å². The molecule has 0 heterocycles. The van der Waals surface area contributed by atoms with E-state index in [2.05, 4.69) is 21.3 Å². The lowest BCUT2D eigenvalue weighted by molar-refractivity contribution is 0.204. The Balaban J connectivity index is 2.71. The molecule has 0 saturated heterocycles. The maximum Gasteiger partial charge on any atom is 0.299 e. The highest BCUT2D eigenvalue weighted by atomic mass is 32.2. The molecule has 0 aliphatic heterocycles. The molecule has 0 aromatic heterocycles. The normalized spacial score (nSPS) is 10.6. The molecule has 4 N–H and O–H groups in total. The highest BCUT2D eigenvalue weighted by Crippen LogP contribution is 2.10. The Kier molecular flexibility index (Phi) is 6.32. The van der Waals surface area contributed by atoms with Gasteiger partial charge < -0.3 is 10.5 Å². The van der Waals surface area contributed by atoms with Crippen molar-refractivity contribution in [1.29, 1.82) is 0 Å². The highest BCUT2D eigenvalue weighted by Gasteiger charge is 2.08. The molecule has 0 amide bonds. The van der Waals surface area contributed by atoms with Gasteiger partial charge in [0.1, 0.15) is 0 Å². The maximum atomic E-state index is 11.7. The van der Waals surface area contributed by atoms with E-state index in [4.69, 9.17) is 10.5 Å². The number of hydrogen-bond donors (Lipinski definition) is 3. The van der Waals surface area contributed by atoms with E-state index in [1.54, 1.807) is 24.3 Å². The first-order chi connectivity index (χ1) is 9.07. The van der Waals surface area contributed by atoms with Gasteiger partial charge in [0.15, 0.2) is 0 Å². The fraction of sp³-hybridized carbons (Fsp3) is 0.333. The van der Waals surface area contributed by atoms with Crippen molar-refractivity contribution < 1.29 is 13.2 Å². The number of rotatable bonds is 6. The minimum absolute atomic E-state index is 0.207. The van der Waals surface area contributed by atoms with Crippen LogP contribution in [0.1, 0.15) is 5.56 Å². The smallest absolute Gasteiger partial charge is 0.299 e. The van der Waals surface area contributed by atoms with Crippen molar-refractivity contribution in [2.24, 2.45) is 5.73 Å². The molecule has 0 atom stereocenters. The minimum Gasteiger partial charge on any atom is -0.383 e. The van der Waals surface area contributed by atoms with Crippen molar-refractivity contribution in [3.8, 4) is 11.8 Å². The van der Waals surface area contributed by atoms with E-state index in [0.717, 1.165) is 0 Å². The standard InChI is InChI=1S/C12H17N3O3S/c1-18-9-8-14-19(16,17)15-12-6-2-4-11(10-12)5-3-7-13/h2,4,6,10,14-15H,7-9,13H2,1H3. The topological polar surface area (TPSA) is 93.4 Å². The molecule has 1 aromatic carbocycles. The van der Waals surface area contributed by atoms with Crippen LogP contribution in [-0.2, 0) is 14.9 Å². The molecular weight excluding hydrogens is 266 g/mol. The number of nitrogens with two attached hydrogens (primary N) is 1. The molecule has 0 unspecified atom stereocenters. The zero-order valence-corrected chi connectivity index (χ0v) is 11.5. The second kappa shape index (κ2) is 7.76. The zero-order valence-electron chi connectivity index (χ0n) is 10.6. The summed E-state index contributed by atoms with van der Waals surface area (Å²) in [6.45, 7) is 0.774. The van der Waals surface area contributed by atoms with Crippen molar-refractivity contribution in [2.75, 3.05) is 31.5 Å². The molecule has 104 valence electrons. The van der Waals surface area contributed by atoms with E-state index in [9.17, 15) is 8.42 Å². The second-order valence-electron chi connectivity index (χ2n) is 3.58. The Labute approximate surface area is 113 Å². The Morgan fingerprint density at radius 1 is 1.42 bits per heavy atom. The van der Waals surface area contributed by atoms with Gasteiger partial charge in [0.05, 0.1) is 18.8 Å². The average molecular weight is 283 g/mol. The van der Waals surface area contributed by atoms with Crippen LogP contribution in [0, 0.1) is 11.8 Å². The molecule has 7 heteroatoms. The Morgan fingerprint density at radius 3 is 2.89 bits per heavy atom. The SMILES string of the molecule is COCCNS(=O)(=O)Nc1cccc(C#CCN)c1. The summed E-state index contributed by atoms with van der Waals surface area (Å²) in [4.78, 5) is 0. The molecule has 1 aromatic rings. The van der Waals surface area contributed by atoms with Crippen molar-refractivity contribution in [3.63, 3.8) is 0 Å². The van der Waals surface area contributed by atoms with E-state index in [0.29, 0.717) is 17.9 Å². The third-order valence-corrected chi connectivity index (χ3v) is 3.14. The number of nitrogens with one attached hydrogen (secondary N) is 2. The zero-order chi connectivity index (χ0) is 14.1. The molecule has 0 spiro atoms. The number of hydrogen-bond acceptors (Lipinski definition) is 4. The summed E-state index contributed by atoms with van der Waals surface area (Å²) in [5.41, 5.74) is 6.41. The molecule has 0 aliphatic rings. The van der Waals surface area contributed by atoms with Gasteiger partial charge in [0.2, 0.25) is 0 Å². The Hall–Kier alpha value is -1.59. The van der Waals surface area contributed by atoms with Crippen LogP contribution in [-0.4, -0.2) is 35.2 Å². The second-order valence-corrected chi connectivity index (χ2v) is 5.08. The van der Waals surface area contributed by atoms with Gasteiger partial charge in [-0.3, -0.25) is 4.72 Å². The lowest BCUT2D eigenvalue weighted by Gasteiger charge is -2.09. The predicted molar refractivity (Wildman–Crippen MR) is 74.8 cm³/mol. The molecular formula is C12H17N3O3S. The summed E-state index contributed by atoms with van der Waals surface area (Å²) in [7, 11) is -2.10. The highest BCUT2D eigenvalue weighted by molar-refractivity contribution is 7.90. The number of benzene rings is 1. The lowest BCUT2D eigenvalue weighted by atomic mass is 10.2. The first-order valence-electron chi connectivity index (χ1n) is 5.63. The predicted octanol–water partition coefficient (Wildman–Crippen LogP) is -0.110. The van der Waals surface area contributed by atoms with Gasteiger partial charge >= 0.3 is 0 Å². The van der Waals surface area contributed by atoms with Gasteiger partial charge in [0.25, 0.3) is 10.2 Å². The molecule has 0 fully saturated rings. The summed E-state index contributed by atoms with van der Waals surface area (Å²) < 4.78 is 32.9. The largest absolute Gasteiger partial charge is 0.383 e. The number of ether oxygens (including phenoxy) is 1. The fourth-order valence-electron chi connectivity index (χ4n) is 1.28. The molecule has 0 radical (unpaired) electrons. The van der Waals surface area contributed by atoms with Crippen molar-refractivity contribution in [2.45, 2.75) is 0 Å². The van der Waals surface area contributed by atoms with E-state index in [1.165, 1.54) is 7.11 Å². The molecule has 1 rings (SSSR count). The summed E-state index contributed by atoms with van der Waals surface area (Å²) in [5.74, 6) is 5.54. The summed E-state index contributed by atoms with van der Waals surface area (Å²) in [5, 5.41) is 0. The van der Waals surface area contributed by atoms with Crippen LogP contribution < -0.4 is 15.2 Å². The lowest BCUT2D eigenvalue weighted by Crippen LogP contribution is -2.32. The van der Waals surface area contributed by atoms with Crippen molar-refractivity contribution in [3.05, 3.63) is 29.8 Å². The maximum absolute atomic E-state index is 11.7. The van der Waals surface area contributed by atoms with Gasteiger partial charge in [-0.2, -0.15) is 13.1 Å². The van der Waals surface area contributed by atoms with Crippen LogP contribution >= 0.6 is 0 Å². The van der Waals surface area contributed by atoms with Gasteiger partial charge in [-0.15, -0.1) is 0 Å². The molecule has 6 nitrogen and oxygen atoms in total. The van der Waals surface area contributed by atoms with Crippen molar-refractivity contribution >= 4 is 15.9 Å².